The molecular weight excluding hydrogens is 340 g/mol. The van der Waals surface area contributed by atoms with Crippen LogP contribution in [0.4, 0.5) is 5.69 Å². The number of unbranched alkanes of at least 4 members (excludes halogenated alkanes) is 5. The van der Waals surface area contributed by atoms with E-state index in [1.165, 1.54) is 25.7 Å². The van der Waals surface area contributed by atoms with Gasteiger partial charge in [-0.2, -0.15) is 0 Å². The van der Waals surface area contributed by atoms with Crippen molar-refractivity contribution in [3.8, 4) is 0 Å². The Balaban J connectivity index is 1.79. The highest BCUT2D eigenvalue weighted by Gasteiger charge is 2.28. The van der Waals surface area contributed by atoms with E-state index >= 15 is 0 Å². The summed E-state index contributed by atoms with van der Waals surface area (Å²) in [5.74, 6) is 0.0560. The lowest BCUT2D eigenvalue weighted by atomic mass is 10.1. The van der Waals surface area contributed by atoms with Crippen molar-refractivity contribution in [3.63, 3.8) is 0 Å². The van der Waals surface area contributed by atoms with E-state index in [1.54, 1.807) is 0 Å². The van der Waals surface area contributed by atoms with Crippen LogP contribution in [0.25, 0.3) is 0 Å². The summed E-state index contributed by atoms with van der Waals surface area (Å²) in [6.45, 7) is 4.60. The van der Waals surface area contributed by atoms with Crippen LogP contribution in [0.2, 0.25) is 0 Å². The highest BCUT2D eigenvalue weighted by atomic mass is 16.5. The Morgan fingerprint density at radius 1 is 1.07 bits per heavy atom. The highest BCUT2D eigenvalue weighted by molar-refractivity contribution is 5.91. The molecule has 27 heavy (non-hydrogen) atoms. The lowest BCUT2D eigenvalue weighted by Gasteiger charge is -2.25. The molecule has 1 N–H and O–H groups in total. The summed E-state index contributed by atoms with van der Waals surface area (Å²) < 4.78 is 5.38. The molecule has 1 aliphatic rings. The second-order valence-electron chi connectivity index (χ2n) is 7.32. The molecule has 0 radical (unpaired) electrons. The number of carbonyl (C=O) groups excluding carboxylic acids is 2. The number of hydrogen-bond acceptors (Lipinski definition) is 3. The third-order valence-electron chi connectivity index (χ3n) is 5.04. The molecule has 1 aromatic carbocycles. The quantitative estimate of drug-likeness (QED) is 0.557. The van der Waals surface area contributed by atoms with Crippen LogP contribution in [-0.2, 0) is 14.3 Å². The number of nitrogens with zero attached hydrogens (tertiary/aromatic N) is 1. The summed E-state index contributed by atoms with van der Waals surface area (Å²) in [5.41, 5.74) is 0.792. The zero-order valence-electron chi connectivity index (χ0n) is 16.6. The monoisotopic (exact) mass is 374 g/mol. The van der Waals surface area contributed by atoms with Crippen LogP contribution in [0.1, 0.15) is 58.3 Å². The van der Waals surface area contributed by atoms with E-state index in [0.29, 0.717) is 26.2 Å². The van der Waals surface area contributed by atoms with Gasteiger partial charge >= 0.3 is 0 Å². The second-order valence-corrected chi connectivity index (χ2v) is 7.32. The molecular formula is C22H34N2O3. The van der Waals surface area contributed by atoms with Crippen molar-refractivity contribution >= 4 is 17.5 Å². The van der Waals surface area contributed by atoms with E-state index in [0.717, 1.165) is 31.5 Å². The molecule has 5 nitrogen and oxygen atoms in total. The van der Waals surface area contributed by atoms with Crippen LogP contribution in [0.5, 0.6) is 0 Å². The number of amides is 2. The zero-order valence-corrected chi connectivity index (χ0v) is 16.6. The first-order valence-corrected chi connectivity index (χ1v) is 10.4. The van der Waals surface area contributed by atoms with Crippen molar-refractivity contribution in [1.82, 2.24) is 4.90 Å². The minimum Gasteiger partial charge on any atom is -0.381 e. The number of anilines is 1. The molecule has 1 aliphatic heterocycles. The van der Waals surface area contributed by atoms with E-state index < -0.39 is 0 Å². The first kappa shape index (κ1) is 21.4. The Bertz CT molecular complexity index is 556. The summed E-state index contributed by atoms with van der Waals surface area (Å²) in [7, 11) is 0. The third kappa shape index (κ3) is 8.12. The van der Waals surface area contributed by atoms with Gasteiger partial charge < -0.3 is 15.0 Å². The number of nitrogens with one attached hydrogen (secondary N) is 1. The van der Waals surface area contributed by atoms with E-state index in [2.05, 4.69) is 12.2 Å². The Hall–Kier alpha value is -1.88. The highest BCUT2D eigenvalue weighted by Crippen LogP contribution is 2.17. The van der Waals surface area contributed by atoms with Gasteiger partial charge in [-0.15, -0.1) is 0 Å². The van der Waals surface area contributed by atoms with Crippen LogP contribution in [0, 0.1) is 5.92 Å². The topological polar surface area (TPSA) is 58.6 Å². The van der Waals surface area contributed by atoms with Crippen molar-refractivity contribution in [2.45, 2.75) is 58.3 Å². The Morgan fingerprint density at radius 2 is 1.81 bits per heavy atom. The van der Waals surface area contributed by atoms with Crippen LogP contribution in [0.3, 0.4) is 0 Å². The number of ether oxygens (including phenoxy) is 1. The first-order chi connectivity index (χ1) is 13.2. The minimum atomic E-state index is -0.0513. The molecule has 1 fully saturated rings. The maximum atomic E-state index is 12.8. The fourth-order valence-electron chi connectivity index (χ4n) is 3.38. The maximum Gasteiger partial charge on any atom is 0.228 e. The molecule has 1 atom stereocenters. The number of rotatable bonds is 12. The average Bonchev–Trinajstić information content (AvgIpc) is 3.22. The van der Waals surface area contributed by atoms with E-state index in [-0.39, 0.29) is 17.7 Å². The normalized spacial score (nSPS) is 16.3. The summed E-state index contributed by atoms with van der Waals surface area (Å²) in [4.78, 5) is 26.9. The molecule has 1 unspecified atom stereocenters. The van der Waals surface area contributed by atoms with Gasteiger partial charge in [-0.25, -0.2) is 0 Å². The lowest BCUT2D eigenvalue weighted by molar-refractivity contribution is -0.135. The van der Waals surface area contributed by atoms with Crippen LogP contribution >= 0.6 is 0 Å². The van der Waals surface area contributed by atoms with E-state index in [1.807, 2.05) is 35.2 Å². The number of carbonyl (C=O) groups is 2. The minimum absolute atomic E-state index is 0.0396. The smallest absolute Gasteiger partial charge is 0.228 e. The molecule has 0 saturated carbocycles. The van der Waals surface area contributed by atoms with Gasteiger partial charge in [-0.1, -0.05) is 57.2 Å². The maximum absolute atomic E-state index is 12.8. The van der Waals surface area contributed by atoms with Crippen molar-refractivity contribution < 1.29 is 14.3 Å². The standard InChI is InChI=1S/C22H34N2O3/c1-2-3-4-5-6-10-15-24(22(26)19-14-17-27-18-19)16-13-21(25)23-20-11-8-7-9-12-20/h7-9,11-12,19H,2-6,10,13-18H2,1H3,(H,23,25). The molecule has 0 spiro atoms. The molecule has 2 amide bonds. The van der Waals surface area contributed by atoms with E-state index in [9.17, 15) is 9.59 Å². The van der Waals surface area contributed by atoms with Gasteiger partial charge in [0.1, 0.15) is 0 Å². The Labute approximate surface area is 163 Å². The third-order valence-corrected chi connectivity index (χ3v) is 5.04. The first-order valence-electron chi connectivity index (χ1n) is 10.4. The zero-order chi connectivity index (χ0) is 19.3. The van der Waals surface area contributed by atoms with Gasteiger partial charge in [-0.3, -0.25) is 9.59 Å². The van der Waals surface area contributed by atoms with Crippen LogP contribution in [0.15, 0.2) is 30.3 Å². The number of para-hydroxylation sites is 1. The fraction of sp³-hybridized carbons (Fsp3) is 0.636. The average molecular weight is 375 g/mol. The summed E-state index contributed by atoms with van der Waals surface area (Å²) in [6.07, 6.45) is 8.26. The van der Waals surface area contributed by atoms with Gasteiger partial charge in [0.25, 0.3) is 0 Å². The van der Waals surface area contributed by atoms with Gasteiger partial charge in [0.2, 0.25) is 11.8 Å². The van der Waals surface area contributed by atoms with Crippen molar-refractivity contribution in [1.29, 1.82) is 0 Å². The fourth-order valence-corrected chi connectivity index (χ4v) is 3.38. The number of hydrogen-bond donors (Lipinski definition) is 1. The summed E-state index contributed by atoms with van der Waals surface area (Å²) >= 11 is 0. The number of benzene rings is 1. The van der Waals surface area contributed by atoms with Crippen molar-refractivity contribution in [2.24, 2.45) is 5.92 Å². The largest absolute Gasteiger partial charge is 0.381 e. The molecule has 0 aliphatic carbocycles. The molecule has 1 aromatic rings. The van der Waals surface area contributed by atoms with Gasteiger partial charge in [0.15, 0.2) is 0 Å². The van der Waals surface area contributed by atoms with Gasteiger partial charge in [-0.05, 0) is 25.0 Å². The summed E-state index contributed by atoms with van der Waals surface area (Å²) in [5, 5.41) is 2.89. The lowest BCUT2D eigenvalue weighted by Crippen LogP contribution is -2.39. The van der Waals surface area contributed by atoms with Gasteiger partial charge in [0.05, 0.1) is 12.5 Å². The molecule has 0 bridgehead atoms. The Morgan fingerprint density at radius 3 is 2.52 bits per heavy atom. The molecule has 1 saturated heterocycles. The van der Waals surface area contributed by atoms with Crippen LogP contribution in [-0.4, -0.2) is 43.0 Å². The van der Waals surface area contributed by atoms with Crippen LogP contribution < -0.4 is 5.32 Å². The molecule has 1 heterocycles. The molecule has 0 aromatic heterocycles. The predicted octanol–water partition coefficient (Wildman–Crippen LogP) is 4.24. The SMILES string of the molecule is CCCCCCCCN(CCC(=O)Nc1ccccc1)C(=O)C1CCOC1. The van der Waals surface area contributed by atoms with Crippen molar-refractivity contribution in [2.75, 3.05) is 31.6 Å². The second kappa shape index (κ2) is 12.5. The van der Waals surface area contributed by atoms with Crippen molar-refractivity contribution in [3.05, 3.63) is 30.3 Å². The predicted molar refractivity (Wildman–Crippen MR) is 109 cm³/mol. The van der Waals surface area contributed by atoms with E-state index in [4.69, 9.17) is 4.74 Å². The molecule has 2 rings (SSSR count). The van der Waals surface area contributed by atoms with Gasteiger partial charge in [0, 0.05) is 31.8 Å². The Kier molecular flexibility index (Phi) is 9.91. The molecule has 150 valence electrons. The summed E-state index contributed by atoms with van der Waals surface area (Å²) in [6, 6.07) is 9.44. The molecule has 5 heteroatoms.